The number of hydrogen-bond acceptors (Lipinski definition) is 5. The standard InChI is InChI=1S/C24H26BFN4O3S/c1-15-21(27-20-10-7-17(25)13-19(20)26)22(28-34(32,33)18-8-9-18)23-29(11-12-30(23)24(15)31)14-16-5-3-2-4-6-16/h2-7,10,13,18,27-28H,8-9,11-12,14,25H2,1H3. The van der Waals surface area contributed by atoms with Crippen molar-refractivity contribution in [2.24, 2.45) is 0 Å². The fourth-order valence-electron chi connectivity index (χ4n) is 4.37. The van der Waals surface area contributed by atoms with Crippen LogP contribution in [-0.4, -0.2) is 32.6 Å². The van der Waals surface area contributed by atoms with Gasteiger partial charge < -0.3 is 10.2 Å². The first-order valence-electron chi connectivity index (χ1n) is 11.4. The Morgan fingerprint density at radius 1 is 1.09 bits per heavy atom. The number of anilines is 4. The number of fused-ring (bicyclic) bond motifs is 1. The summed E-state index contributed by atoms with van der Waals surface area (Å²) in [5.41, 5.74) is 2.66. The second-order valence-corrected chi connectivity index (χ2v) is 11.0. The lowest BCUT2D eigenvalue weighted by Crippen LogP contribution is -2.28. The molecular formula is C24H26BFN4O3S. The number of benzene rings is 2. The van der Waals surface area contributed by atoms with Crippen LogP contribution in [0.1, 0.15) is 24.0 Å². The predicted molar refractivity (Wildman–Crippen MR) is 136 cm³/mol. The smallest absolute Gasteiger partial charge is 0.257 e. The summed E-state index contributed by atoms with van der Waals surface area (Å²) in [6.07, 6.45) is 1.21. The van der Waals surface area contributed by atoms with Crippen molar-refractivity contribution in [3.8, 4) is 0 Å². The lowest BCUT2D eigenvalue weighted by molar-refractivity contribution is 0.600. The van der Waals surface area contributed by atoms with E-state index in [-0.39, 0.29) is 22.6 Å². The largest absolute Gasteiger partial charge is 0.351 e. The van der Waals surface area contributed by atoms with Crippen LogP contribution in [0.4, 0.5) is 27.3 Å². The van der Waals surface area contributed by atoms with Gasteiger partial charge in [0.15, 0.2) is 0 Å². The number of aromatic nitrogens is 1. The van der Waals surface area contributed by atoms with Gasteiger partial charge in [0.05, 0.1) is 16.6 Å². The minimum Gasteiger partial charge on any atom is -0.351 e. The van der Waals surface area contributed by atoms with Crippen molar-refractivity contribution >= 4 is 46.2 Å². The highest BCUT2D eigenvalue weighted by atomic mass is 32.2. The first-order chi connectivity index (χ1) is 16.2. The summed E-state index contributed by atoms with van der Waals surface area (Å²) in [6, 6.07) is 14.5. The van der Waals surface area contributed by atoms with Gasteiger partial charge in [-0.05, 0) is 37.5 Å². The van der Waals surface area contributed by atoms with Crippen LogP contribution in [0.15, 0.2) is 53.3 Å². The minimum atomic E-state index is -3.65. The third kappa shape index (κ3) is 4.18. The van der Waals surface area contributed by atoms with Gasteiger partial charge >= 0.3 is 0 Å². The van der Waals surface area contributed by atoms with E-state index in [9.17, 15) is 17.6 Å². The van der Waals surface area contributed by atoms with Gasteiger partial charge in [-0.1, -0.05) is 41.9 Å². The third-order valence-electron chi connectivity index (χ3n) is 6.37. The zero-order valence-electron chi connectivity index (χ0n) is 19.1. The van der Waals surface area contributed by atoms with E-state index in [2.05, 4.69) is 10.0 Å². The molecule has 2 N–H and O–H groups in total. The minimum absolute atomic E-state index is 0.178. The molecule has 0 bridgehead atoms. The van der Waals surface area contributed by atoms with E-state index in [0.717, 1.165) is 11.0 Å². The maximum atomic E-state index is 14.7. The van der Waals surface area contributed by atoms with Crippen LogP contribution in [0.3, 0.4) is 0 Å². The van der Waals surface area contributed by atoms with Crippen LogP contribution in [-0.2, 0) is 23.1 Å². The molecule has 1 aliphatic heterocycles. The summed E-state index contributed by atoms with van der Waals surface area (Å²) in [4.78, 5) is 15.3. The summed E-state index contributed by atoms with van der Waals surface area (Å²) in [5, 5.41) is 2.58. The molecule has 10 heteroatoms. The highest BCUT2D eigenvalue weighted by Crippen LogP contribution is 2.41. The van der Waals surface area contributed by atoms with Crippen LogP contribution in [0.2, 0.25) is 0 Å². The zero-order chi connectivity index (χ0) is 24.0. The van der Waals surface area contributed by atoms with Crippen LogP contribution in [0.25, 0.3) is 0 Å². The van der Waals surface area contributed by atoms with E-state index < -0.39 is 21.1 Å². The number of pyridine rings is 1. The van der Waals surface area contributed by atoms with Gasteiger partial charge in [0, 0.05) is 25.2 Å². The van der Waals surface area contributed by atoms with E-state index in [1.807, 2.05) is 35.2 Å². The van der Waals surface area contributed by atoms with Gasteiger partial charge in [-0.15, -0.1) is 0 Å². The van der Waals surface area contributed by atoms with Crippen molar-refractivity contribution < 1.29 is 12.8 Å². The monoisotopic (exact) mass is 480 g/mol. The molecule has 176 valence electrons. The lowest BCUT2D eigenvalue weighted by atomic mass is 9.96. The van der Waals surface area contributed by atoms with Gasteiger partial charge in [-0.3, -0.25) is 14.1 Å². The molecule has 3 aromatic rings. The van der Waals surface area contributed by atoms with E-state index in [0.29, 0.717) is 43.9 Å². The van der Waals surface area contributed by atoms with E-state index >= 15 is 0 Å². The molecule has 1 saturated carbocycles. The fourth-order valence-corrected chi connectivity index (χ4v) is 5.77. The molecule has 5 rings (SSSR count). The van der Waals surface area contributed by atoms with Crippen molar-refractivity contribution in [2.75, 3.05) is 21.5 Å². The zero-order valence-corrected chi connectivity index (χ0v) is 20.0. The van der Waals surface area contributed by atoms with Gasteiger partial charge in [-0.25, -0.2) is 12.8 Å². The Labute approximate surface area is 199 Å². The molecule has 2 heterocycles. The highest BCUT2D eigenvalue weighted by molar-refractivity contribution is 7.93. The summed E-state index contributed by atoms with van der Waals surface area (Å²) in [6.45, 7) is 3.15. The number of nitrogens with zero attached hydrogens (tertiary/aromatic N) is 2. The van der Waals surface area contributed by atoms with Gasteiger partial charge in [0.2, 0.25) is 10.0 Å². The van der Waals surface area contributed by atoms with Gasteiger partial charge in [0.25, 0.3) is 5.56 Å². The average Bonchev–Trinajstić information content (AvgIpc) is 3.59. The lowest BCUT2D eigenvalue weighted by Gasteiger charge is -2.25. The quantitative estimate of drug-likeness (QED) is 0.507. The maximum absolute atomic E-state index is 14.7. The Hall–Kier alpha value is -3.27. The van der Waals surface area contributed by atoms with Crippen LogP contribution in [0.5, 0.6) is 0 Å². The van der Waals surface area contributed by atoms with Crippen molar-refractivity contribution in [1.29, 1.82) is 0 Å². The Bertz CT molecular complexity index is 1420. The highest BCUT2D eigenvalue weighted by Gasteiger charge is 2.38. The first-order valence-corrected chi connectivity index (χ1v) is 12.9. The van der Waals surface area contributed by atoms with Crippen LogP contribution >= 0.6 is 0 Å². The summed E-state index contributed by atoms with van der Waals surface area (Å²) < 4.78 is 45.1. The van der Waals surface area contributed by atoms with Crippen molar-refractivity contribution in [2.45, 2.75) is 38.1 Å². The van der Waals surface area contributed by atoms with Crippen LogP contribution in [0, 0.1) is 12.7 Å². The molecule has 0 saturated heterocycles. The second-order valence-electron chi connectivity index (χ2n) is 9.02. The van der Waals surface area contributed by atoms with Crippen molar-refractivity contribution in [3.05, 3.63) is 75.8 Å². The van der Waals surface area contributed by atoms with E-state index in [1.165, 1.54) is 6.07 Å². The molecule has 0 radical (unpaired) electrons. The molecule has 1 aromatic heterocycles. The molecule has 1 aliphatic carbocycles. The third-order valence-corrected chi connectivity index (χ3v) is 8.21. The molecule has 2 aromatic carbocycles. The summed E-state index contributed by atoms with van der Waals surface area (Å²) in [7, 11) is -1.86. The maximum Gasteiger partial charge on any atom is 0.257 e. The molecule has 34 heavy (non-hydrogen) atoms. The second kappa shape index (κ2) is 8.50. The number of halogens is 1. The topological polar surface area (TPSA) is 83.4 Å². The van der Waals surface area contributed by atoms with E-state index in [1.54, 1.807) is 31.5 Å². The molecule has 0 atom stereocenters. The number of sulfonamides is 1. The van der Waals surface area contributed by atoms with Crippen LogP contribution < -0.4 is 26.0 Å². The molecule has 1 fully saturated rings. The fraction of sp³-hybridized carbons (Fsp3) is 0.292. The Morgan fingerprint density at radius 2 is 1.82 bits per heavy atom. The normalized spacial score (nSPS) is 15.3. The Kier molecular flexibility index (Phi) is 5.63. The molecular weight excluding hydrogens is 454 g/mol. The SMILES string of the molecule is Bc1ccc(Nc2c(NS(=O)(=O)C3CC3)c3n(c(=O)c2C)CCN3Cc2ccccc2)c(F)c1. The van der Waals surface area contributed by atoms with E-state index in [4.69, 9.17) is 0 Å². The molecule has 0 spiro atoms. The number of rotatable bonds is 7. The van der Waals surface area contributed by atoms with Crippen molar-refractivity contribution in [1.82, 2.24) is 4.57 Å². The molecule has 0 amide bonds. The molecule has 0 unspecified atom stereocenters. The first kappa shape index (κ1) is 22.5. The Morgan fingerprint density at radius 3 is 2.50 bits per heavy atom. The van der Waals surface area contributed by atoms with Gasteiger partial charge in [0.1, 0.15) is 25.2 Å². The summed E-state index contributed by atoms with van der Waals surface area (Å²) in [5.74, 6) is 0.0239. The molecule has 2 aliphatic rings. The van der Waals surface area contributed by atoms with Gasteiger partial charge in [-0.2, -0.15) is 0 Å². The average molecular weight is 480 g/mol. The predicted octanol–water partition coefficient (Wildman–Crippen LogP) is 2.22. The Balaban J connectivity index is 1.66. The number of nitrogens with one attached hydrogen (secondary N) is 2. The molecule has 7 nitrogen and oxygen atoms in total. The number of hydrogen-bond donors (Lipinski definition) is 2. The summed E-state index contributed by atoms with van der Waals surface area (Å²) >= 11 is 0. The van der Waals surface area contributed by atoms with Crippen molar-refractivity contribution in [3.63, 3.8) is 0 Å².